The summed E-state index contributed by atoms with van der Waals surface area (Å²) in [4.78, 5) is 6.74. The van der Waals surface area contributed by atoms with Crippen LogP contribution in [0.3, 0.4) is 0 Å². The van der Waals surface area contributed by atoms with E-state index >= 15 is 0 Å². The summed E-state index contributed by atoms with van der Waals surface area (Å²) in [7, 11) is -1.40. The zero-order chi connectivity index (χ0) is 17.1. The Labute approximate surface area is 142 Å². The van der Waals surface area contributed by atoms with Crippen LogP contribution in [0.4, 0.5) is 5.82 Å². The summed E-state index contributed by atoms with van der Waals surface area (Å²) in [6, 6.07) is 4.01. The fourth-order valence-corrected chi connectivity index (χ4v) is 5.27. The fraction of sp³-hybridized carbons (Fsp3) is 0.625. The molecule has 7 nitrogen and oxygen atoms in total. The Kier molecular flexibility index (Phi) is 3.58. The minimum atomic E-state index is -3.13. The Balaban J connectivity index is 1.61. The van der Waals surface area contributed by atoms with Gasteiger partial charge in [0.25, 0.3) is 0 Å². The number of sulfonamides is 1. The average molecular weight is 349 g/mol. The van der Waals surface area contributed by atoms with E-state index in [1.54, 1.807) is 11.4 Å². The first-order valence-corrected chi connectivity index (χ1v) is 9.92. The third-order valence-electron chi connectivity index (χ3n) is 5.01. The maximum atomic E-state index is 12.5. The number of hydrogen-bond acceptors (Lipinski definition) is 5. The van der Waals surface area contributed by atoms with Gasteiger partial charge in [0.15, 0.2) is 5.65 Å². The van der Waals surface area contributed by atoms with Crippen molar-refractivity contribution in [2.24, 2.45) is 0 Å². The van der Waals surface area contributed by atoms with E-state index in [4.69, 9.17) is 0 Å². The summed E-state index contributed by atoms with van der Waals surface area (Å²) in [5.74, 6) is 0.991. The van der Waals surface area contributed by atoms with Gasteiger partial charge in [0, 0.05) is 44.0 Å². The van der Waals surface area contributed by atoms with Gasteiger partial charge in [-0.25, -0.2) is 13.4 Å². The molecule has 3 heterocycles. The Morgan fingerprint density at radius 2 is 1.92 bits per heavy atom. The van der Waals surface area contributed by atoms with Crippen molar-refractivity contribution in [1.82, 2.24) is 18.9 Å². The van der Waals surface area contributed by atoms with Gasteiger partial charge < -0.3 is 4.90 Å². The molecule has 2 fully saturated rings. The molecule has 8 heteroatoms. The Hall–Kier alpha value is -1.67. The zero-order valence-electron chi connectivity index (χ0n) is 14.3. The number of nitrogens with zero attached hydrogens (tertiary/aromatic N) is 5. The number of rotatable bonds is 4. The first-order valence-electron chi connectivity index (χ1n) is 8.42. The predicted molar refractivity (Wildman–Crippen MR) is 92.8 cm³/mol. The first-order chi connectivity index (χ1) is 11.4. The van der Waals surface area contributed by atoms with Crippen LogP contribution in [0.1, 0.15) is 30.7 Å². The van der Waals surface area contributed by atoms with Crippen molar-refractivity contribution in [3.63, 3.8) is 0 Å². The SMILES string of the molecule is Cc1cc(N2CCC(N(C)S(=O)(=O)C3CC3)C2)n2nc(C)cc2n1. The maximum absolute atomic E-state index is 12.5. The quantitative estimate of drug-likeness (QED) is 0.833. The van der Waals surface area contributed by atoms with Gasteiger partial charge in [0.05, 0.1) is 10.9 Å². The lowest BCUT2D eigenvalue weighted by atomic mass is 10.3. The number of hydrogen-bond donors (Lipinski definition) is 0. The average Bonchev–Trinajstić information content (AvgIpc) is 3.16. The van der Waals surface area contributed by atoms with Crippen LogP contribution in [-0.2, 0) is 10.0 Å². The Morgan fingerprint density at radius 1 is 1.17 bits per heavy atom. The molecule has 1 aliphatic heterocycles. The molecule has 1 unspecified atom stereocenters. The normalized spacial score (nSPS) is 22.0. The highest BCUT2D eigenvalue weighted by Gasteiger charge is 2.42. The molecule has 1 saturated heterocycles. The van der Waals surface area contributed by atoms with Crippen LogP contribution < -0.4 is 4.90 Å². The van der Waals surface area contributed by atoms with Gasteiger partial charge in [0.2, 0.25) is 10.0 Å². The number of likely N-dealkylation sites (N-methyl/N-ethyl adjacent to an activating group) is 1. The van der Waals surface area contributed by atoms with E-state index in [1.165, 1.54) is 0 Å². The lowest BCUT2D eigenvalue weighted by molar-refractivity contribution is 0.389. The van der Waals surface area contributed by atoms with E-state index in [0.29, 0.717) is 6.54 Å². The van der Waals surface area contributed by atoms with Crippen molar-refractivity contribution < 1.29 is 8.42 Å². The van der Waals surface area contributed by atoms with Gasteiger partial charge in [0.1, 0.15) is 5.82 Å². The molecule has 1 saturated carbocycles. The lowest BCUT2D eigenvalue weighted by Gasteiger charge is -2.25. The standard InChI is InChI=1S/C16H23N5O2S/c1-11-9-16(21-15(17-11)8-12(2)18-21)20-7-6-13(10-20)19(3)24(22,23)14-4-5-14/h8-9,13-14H,4-7,10H2,1-3H3. The molecule has 1 atom stereocenters. The van der Waals surface area contributed by atoms with Crippen molar-refractivity contribution >= 4 is 21.5 Å². The molecule has 2 aromatic rings. The van der Waals surface area contributed by atoms with Crippen molar-refractivity contribution in [2.45, 2.75) is 44.4 Å². The minimum absolute atomic E-state index is 0.0239. The highest BCUT2D eigenvalue weighted by molar-refractivity contribution is 7.90. The van der Waals surface area contributed by atoms with Crippen molar-refractivity contribution in [1.29, 1.82) is 0 Å². The molecule has 2 aromatic heterocycles. The molecule has 1 aliphatic carbocycles. The highest BCUT2D eigenvalue weighted by atomic mass is 32.2. The lowest BCUT2D eigenvalue weighted by Crippen LogP contribution is -2.40. The molecule has 0 radical (unpaired) electrons. The number of anilines is 1. The third kappa shape index (κ3) is 2.57. The summed E-state index contributed by atoms with van der Waals surface area (Å²) in [5.41, 5.74) is 2.71. The maximum Gasteiger partial charge on any atom is 0.217 e. The van der Waals surface area contributed by atoms with Crippen molar-refractivity contribution in [2.75, 3.05) is 25.0 Å². The van der Waals surface area contributed by atoms with Gasteiger partial charge in [-0.05, 0) is 33.1 Å². The molecule has 0 N–H and O–H groups in total. The van der Waals surface area contributed by atoms with Gasteiger partial charge in [-0.3, -0.25) is 0 Å². The molecule has 4 rings (SSSR count). The second kappa shape index (κ2) is 5.42. The molecule has 0 aromatic carbocycles. The number of aryl methyl sites for hydroxylation is 2. The smallest absolute Gasteiger partial charge is 0.217 e. The summed E-state index contributed by atoms with van der Waals surface area (Å²) in [5, 5.41) is 4.38. The first kappa shape index (κ1) is 15.8. The van der Waals surface area contributed by atoms with Crippen LogP contribution in [0, 0.1) is 13.8 Å². The molecular formula is C16H23N5O2S. The summed E-state index contributed by atoms with van der Waals surface area (Å²) in [6.45, 7) is 5.45. The topological polar surface area (TPSA) is 70.8 Å². The van der Waals surface area contributed by atoms with Gasteiger partial charge in [-0.1, -0.05) is 0 Å². The van der Waals surface area contributed by atoms with Crippen LogP contribution in [0.15, 0.2) is 12.1 Å². The van der Waals surface area contributed by atoms with Crippen LogP contribution >= 0.6 is 0 Å². The third-order valence-corrected chi connectivity index (χ3v) is 7.42. The van der Waals surface area contributed by atoms with E-state index < -0.39 is 10.0 Å². The van der Waals surface area contributed by atoms with Crippen LogP contribution in [0.5, 0.6) is 0 Å². The molecule has 24 heavy (non-hydrogen) atoms. The monoisotopic (exact) mass is 349 g/mol. The molecule has 0 bridgehead atoms. The van der Waals surface area contributed by atoms with Crippen molar-refractivity contribution in [3.05, 3.63) is 23.5 Å². The summed E-state index contributed by atoms with van der Waals surface area (Å²) in [6.07, 6.45) is 2.45. The van der Waals surface area contributed by atoms with Crippen LogP contribution in [-0.4, -0.2) is 58.8 Å². The second-order valence-corrected chi connectivity index (χ2v) is 9.23. The number of fused-ring (bicyclic) bond motifs is 1. The van der Waals surface area contributed by atoms with Gasteiger partial charge in [-0.15, -0.1) is 0 Å². The van der Waals surface area contributed by atoms with Crippen molar-refractivity contribution in [3.8, 4) is 0 Å². The van der Waals surface area contributed by atoms with E-state index in [0.717, 1.165) is 48.7 Å². The fourth-order valence-electron chi connectivity index (χ4n) is 3.48. The molecule has 0 amide bonds. The summed E-state index contributed by atoms with van der Waals surface area (Å²) < 4.78 is 28.4. The Bertz CT molecular complexity index is 887. The predicted octanol–water partition coefficient (Wildman–Crippen LogP) is 1.35. The van der Waals surface area contributed by atoms with E-state index in [9.17, 15) is 8.42 Å². The second-order valence-electron chi connectivity index (χ2n) is 6.96. The van der Waals surface area contributed by atoms with E-state index in [2.05, 4.69) is 15.0 Å². The zero-order valence-corrected chi connectivity index (χ0v) is 15.1. The van der Waals surface area contributed by atoms with Gasteiger partial charge in [-0.2, -0.15) is 13.9 Å². The van der Waals surface area contributed by atoms with E-state index in [1.807, 2.05) is 30.5 Å². The van der Waals surface area contributed by atoms with Gasteiger partial charge >= 0.3 is 0 Å². The molecule has 130 valence electrons. The largest absolute Gasteiger partial charge is 0.355 e. The summed E-state index contributed by atoms with van der Waals surface area (Å²) >= 11 is 0. The van der Waals surface area contributed by atoms with Crippen LogP contribution in [0.25, 0.3) is 5.65 Å². The highest BCUT2D eigenvalue weighted by Crippen LogP contribution is 2.33. The molecule has 2 aliphatic rings. The number of aromatic nitrogens is 3. The molecular weight excluding hydrogens is 326 g/mol. The molecule has 0 spiro atoms. The van der Waals surface area contributed by atoms with E-state index in [-0.39, 0.29) is 11.3 Å². The minimum Gasteiger partial charge on any atom is -0.355 e. The Morgan fingerprint density at radius 3 is 2.62 bits per heavy atom. The van der Waals surface area contributed by atoms with Crippen LogP contribution in [0.2, 0.25) is 0 Å².